The van der Waals surface area contributed by atoms with E-state index >= 15 is 0 Å². The van der Waals surface area contributed by atoms with Gasteiger partial charge in [-0.1, -0.05) is 30.3 Å². The van der Waals surface area contributed by atoms with Crippen LogP contribution in [0.4, 0.5) is 0 Å². The van der Waals surface area contributed by atoms with E-state index in [-0.39, 0.29) is 6.61 Å². The lowest BCUT2D eigenvalue weighted by molar-refractivity contribution is 0.0647. The maximum atomic E-state index is 9.48. The summed E-state index contributed by atoms with van der Waals surface area (Å²) < 4.78 is 1.77. The Balaban J connectivity index is 1.81. The molecule has 0 aliphatic rings. The topological polar surface area (TPSA) is 73.9 Å². The van der Waals surface area contributed by atoms with E-state index < -0.39 is 6.10 Å². The van der Waals surface area contributed by atoms with Crippen LogP contribution in [0.25, 0.3) is 16.8 Å². The first-order chi connectivity index (χ1) is 11.2. The van der Waals surface area contributed by atoms with Gasteiger partial charge in [0.05, 0.1) is 18.9 Å². The predicted molar refractivity (Wildman–Crippen MR) is 87.8 cm³/mol. The molecule has 1 aromatic carbocycles. The highest BCUT2D eigenvalue weighted by molar-refractivity contribution is 5.76. The minimum atomic E-state index is -0.730. The molecule has 120 valence electrons. The quantitative estimate of drug-likeness (QED) is 0.715. The lowest BCUT2D eigenvalue weighted by Crippen LogP contribution is -2.31. The van der Waals surface area contributed by atoms with E-state index in [0.717, 1.165) is 22.3 Å². The molecule has 3 rings (SSSR count). The van der Waals surface area contributed by atoms with Gasteiger partial charge in [-0.3, -0.25) is 4.90 Å². The molecule has 2 aromatic heterocycles. The number of hydrogen-bond acceptors (Lipinski definition) is 5. The number of nitrogens with zero attached hydrogens (tertiary/aromatic N) is 4. The molecule has 0 bridgehead atoms. The highest BCUT2D eigenvalue weighted by Gasteiger charge is 2.11. The van der Waals surface area contributed by atoms with E-state index in [1.54, 1.807) is 4.52 Å². The van der Waals surface area contributed by atoms with Crippen LogP contribution < -0.4 is 0 Å². The summed E-state index contributed by atoms with van der Waals surface area (Å²) in [6.07, 6.45) is 4.86. The molecule has 3 aromatic rings. The summed E-state index contributed by atoms with van der Waals surface area (Å²) in [6.45, 7) is 0.796. The lowest BCUT2D eigenvalue weighted by Gasteiger charge is -2.19. The number of likely N-dealkylation sites (N-methyl/N-ethyl adjacent to an activating group) is 1. The fourth-order valence-corrected chi connectivity index (χ4v) is 2.61. The van der Waals surface area contributed by atoms with Gasteiger partial charge in [0.1, 0.15) is 0 Å². The molecule has 2 heterocycles. The zero-order chi connectivity index (χ0) is 16.2. The Kier molecular flexibility index (Phi) is 4.66. The molecule has 1 atom stereocenters. The Morgan fingerprint density at radius 3 is 2.74 bits per heavy atom. The van der Waals surface area contributed by atoms with E-state index in [0.29, 0.717) is 13.1 Å². The molecule has 6 heteroatoms. The van der Waals surface area contributed by atoms with Gasteiger partial charge in [0.25, 0.3) is 0 Å². The average Bonchev–Trinajstić information content (AvgIpc) is 2.98. The second-order valence-electron chi connectivity index (χ2n) is 5.69. The van der Waals surface area contributed by atoms with Crippen LogP contribution in [0, 0.1) is 0 Å². The lowest BCUT2D eigenvalue weighted by atomic mass is 10.1. The van der Waals surface area contributed by atoms with Crippen molar-refractivity contribution >= 4 is 5.65 Å². The van der Waals surface area contributed by atoms with Gasteiger partial charge >= 0.3 is 0 Å². The minimum Gasteiger partial charge on any atom is -0.394 e. The van der Waals surface area contributed by atoms with E-state index in [4.69, 9.17) is 5.11 Å². The average molecular weight is 312 g/mol. The Morgan fingerprint density at radius 2 is 2.00 bits per heavy atom. The van der Waals surface area contributed by atoms with Crippen molar-refractivity contribution < 1.29 is 10.2 Å². The number of rotatable bonds is 6. The van der Waals surface area contributed by atoms with Gasteiger partial charge < -0.3 is 10.2 Å². The molecule has 0 spiro atoms. The van der Waals surface area contributed by atoms with Crippen LogP contribution in [-0.4, -0.2) is 56.0 Å². The van der Waals surface area contributed by atoms with Crippen LogP contribution in [-0.2, 0) is 6.54 Å². The second-order valence-corrected chi connectivity index (χ2v) is 5.69. The number of hydrogen-bond donors (Lipinski definition) is 2. The van der Waals surface area contributed by atoms with Crippen molar-refractivity contribution in [2.45, 2.75) is 12.6 Å². The third-order valence-corrected chi connectivity index (χ3v) is 3.68. The SMILES string of the molecule is CN(Cc1cnc2c(-c3ccccc3)cnn2c1)C[C@@H](O)CO. The van der Waals surface area contributed by atoms with E-state index in [2.05, 4.69) is 10.1 Å². The number of aromatic nitrogens is 3. The molecular weight excluding hydrogens is 292 g/mol. The molecular formula is C17H20N4O2. The van der Waals surface area contributed by atoms with Gasteiger partial charge in [0.2, 0.25) is 0 Å². The van der Waals surface area contributed by atoms with Gasteiger partial charge in [-0.05, 0) is 12.6 Å². The third-order valence-electron chi connectivity index (χ3n) is 3.68. The van der Waals surface area contributed by atoms with Crippen molar-refractivity contribution in [3.8, 4) is 11.1 Å². The van der Waals surface area contributed by atoms with Crippen LogP contribution in [0.15, 0.2) is 48.9 Å². The summed E-state index contributed by atoms with van der Waals surface area (Å²) in [5.41, 5.74) is 3.90. The highest BCUT2D eigenvalue weighted by Crippen LogP contribution is 2.22. The third kappa shape index (κ3) is 3.56. The van der Waals surface area contributed by atoms with Crippen molar-refractivity contribution in [2.24, 2.45) is 0 Å². The van der Waals surface area contributed by atoms with Gasteiger partial charge in [0.15, 0.2) is 5.65 Å². The Hall–Kier alpha value is -2.28. The molecule has 0 aliphatic carbocycles. The zero-order valence-corrected chi connectivity index (χ0v) is 13.0. The van der Waals surface area contributed by atoms with Gasteiger partial charge in [-0.25, -0.2) is 9.50 Å². The summed E-state index contributed by atoms with van der Waals surface area (Å²) in [4.78, 5) is 6.47. The number of benzene rings is 1. The van der Waals surface area contributed by atoms with Crippen LogP contribution in [0.3, 0.4) is 0 Å². The first kappa shape index (κ1) is 15.6. The van der Waals surface area contributed by atoms with E-state index in [1.165, 1.54) is 0 Å². The first-order valence-corrected chi connectivity index (χ1v) is 7.52. The van der Waals surface area contributed by atoms with Crippen molar-refractivity contribution in [2.75, 3.05) is 20.2 Å². The van der Waals surface area contributed by atoms with Crippen LogP contribution >= 0.6 is 0 Å². The second kappa shape index (κ2) is 6.87. The summed E-state index contributed by atoms with van der Waals surface area (Å²) in [6, 6.07) is 10.0. The maximum absolute atomic E-state index is 9.48. The van der Waals surface area contributed by atoms with Gasteiger partial charge in [-0.2, -0.15) is 5.10 Å². The first-order valence-electron chi connectivity index (χ1n) is 7.52. The molecule has 0 aliphatic heterocycles. The fraction of sp³-hybridized carbons (Fsp3) is 0.294. The van der Waals surface area contributed by atoms with Crippen LogP contribution in [0.1, 0.15) is 5.56 Å². The summed E-state index contributed by atoms with van der Waals surface area (Å²) >= 11 is 0. The molecule has 23 heavy (non-hydrogen) atoms. The molecule has 6 nitrogen and oxygen atoms in total. The molecule has 0 unspecified atom stereocenters. The van der Waals surface area contributed by atoms with Crippen molar-refractivity contribution in [3.63, 3.8) is 0 Å². The highest BCUT2D eigenvalue weighted by atomic mass is 16.3. The zero-order valence-electron chi connectivity index (χ0n) is 13.0. The molecule has 0 saturated heterocycles. The van der Waals surface area contributed by atoms with Crippen LogP contribution in [0.5, 0.6) is 0 Å². The van der Waals surface area contributed by atoms with E-state index in [1.807, 2.05) is 60.9 Å². The Bertz CT molecular complexity index is 773. The minimum absolute atomic E-state index is 0.235. The fourth-order valence-electron chi connectivity index (χ4n) is 2.61. The summed E-state index contributed by atoms with van der Waals surface area (Å²) in [5, 5.41) is 22.8. The smallest absolute Gasteiger partial charge is 0.162 e. The molecule has 0 radical (unpaired) electrons. The van der Waals surface area contributed by atoms with Crippen molar-refractivity contribution in [1.29, 1.82) is 0 Å². The molecule has 0 saturated carbocycles. The monoisotopic (exact) mass is 312 g/mol. The molecule has 0 amide bonds. The van der Waals surface area contributed by atoms with Gasteiger partial charge in [0, 0.05) is 36.6 Å². The van der Waals surface area contributed by atoms with E-state index in [9.17, 15) is 5.11 Å². The Morgan fingerprint density at radius 1 is 1.22 bits per heavy atom. The van der Waals surface area contributed by atoms with Crippen molar-refractivity contribution in [1.82, 2.24) is 19.5 Å². The maximum Gasteiger partial charge on any atom is 0.162 e. The van der Waals surface area contributed by atoms with Gasteiger partial charge in [-0.15, -0.1) is 0 Å². The molecule has 0 fully saturated rings. The largest absolute Gasteiger partial charge is 0.394 e. The van der Waals surface area contributed by atoms with Crippen LogP contribution in [0.2, 0.25) is 0 Å². The molecule has 2 N–H and O–H groups in total. The normalized spacial score (nSPS) is 12.9. The number of fused-ring (bicyclic) bond motifs is 1. The summed E-state index contributed by atoms with van der Waals surface area (Å²) in [5.74, 6) is 0. The summed E-state index contributed by atoms with van der Waals surface area (Å²) in [7, 11) is 1.89. The Labute approximate surface area is 134 Å². The van der Waals surface area contributed by atoms with Crippen molar-refractivity contribution in [3.05, 3.63) is 54.5 Å². The predicted octanol–water partition coefficient (Wildman–Crippen LogP) is 1.18. The number of aliphatic hydroxyl groups excluding tert-OH is 2. The number of aliphatic hydroxyl groups is 2. The standard InChI is InChI=1S/C17H20N4O2/c1-20(11-15(23)12-22)9-13-7-18-17-16(8-19-21(17)10-13)14-5-3-2-4-6-14/h2-8,10,15,22-23H,9,11-12H2,1H3/t15-/m1/s1.